The molecule has 156 valence electrons. The first-order valence-electron chi connectivity index (χ1n) is 11.4. The molecule has 0 radical (unpaired) electrons. The quantitative estimate of drug-likeness (QED) is 0.510. The van der Waals surface area contributed by atoms with Crippen molar-refractivity contribution in [2.24, 2.45) is 39.6 Å². The van der Waals surface area contributed by atoms with Gasteiger partial charge in [-0.05, 0) is 81.0 Å². The minimum Gasteiger partial charge on any atom is -0.383 e. The third-order valence-corrected chi connectivity index (χ3v) is 9.50. The minimum absolute atomic E-state index is 0.0483. The van der Waals surface area contributed by atoms with Crippen LogP contribution >= 0.6 is 0 Å². The first kappa shape index (κ1) is 20.2. The van der Waals surface area contributed by atoms with Crippen LogP contribution in [0.25, 0.3) is 0 Å². The molecule has 0 spiro atoms. The Kier molecular flexibility index (Phi) is 4.65. The van der Waals surface area contributed by atoms with Crippen LogP contribution in [0.15, 0.2) is 28.9 Å². The van der Waals surface area contributed by atoms with Crippen LogP contribution in [0.5, 0.6) is 0 Å². The minimum atomic E-state index is -0.756. The molecule has 28 heavy (non-hydrogen) atoms. The van der Waals surface area contributed by atoms with Gasteiger partial charge in [0.25, 0.3) is 0 Å². The summed E-state index contributed by atoms with van der Waals surface area (Å²) in [4.78, 5) is 0. The van der Waals surface area contributed by atoms with Gasteiger partial charge in [-0.2, -0.15) is 5.10 Å². The lowest BCUT2D eigenvalue weighted by Gasteiger charge is -2.60. The molecule has 0 aliphatic heterocycles. The van der Waals surface area contributed by atoms with E-state index in [-0.39, 0.29) is 5.41 Å². The SMILES string of the molecule is C=C1C=C2[C@@H](C)C[C@@H]3[C@H](CC[C@@]4(C)[C@H]3CC[C@]4(O)/C(C)=N\N(C)C)[C@@]2(C)CC1. The summed E-state index contributed by atoms with van der Waals surface area (Å²) in [5, 5.41) is 18.4. The van der Waals surface area contributed by atoms with Gasteiger partial charge in [-0.1, -0.05) is 44.6 Å². The average molecular weight is 385 g/mol. The summed E-state index contributed by atoms with van der Waals surface area (Å²) in [5.41, 5.74) is 3.43. The second kappa shape index (κ2) is 6.45. The molecule has 7 atom stereocenters. The molecule has 3 fully saturated rings. The summed E-state index contributed by atoms with van der Waals surface area (Å²) in [6, 6.07) is 0. The first-order chi connectivity index (χ1) is 13.0. The fraction of sp³-hybridized carbons (Fsp3) is 0.800. The maximum Gasteiger partial charge on any atom is 0.110 e. The highest BCUT2D eigenvalue weighted by molar-refractivity contribution is 5.91. The average Bonchev–Trinajstić information content (AvgIpc) is 2.89. The zero-order chi connectivity index (χ0) is 20.5. The summed E-state index contributed by atoms with van der Waals surface area (Å²) < 4.78 is 0. The number of hydrazone groups is 1. The van der Waals surface area contributed by atoms with Crippen molar-refractivity contribution in [2.45, 2.75) is 78.2 Å². The molecule has 1 N–H and O–H groups in total. The van der Waals surface area contributed by atoms with E-state index in [1.54, 1.807) is 5.57 Å². The number of allylic oxidation sites excluding steroid dienone is 3. The van der Waals surface area contributed by atoms with Crippen LogP contribution in [-0.2, 0) is 0 Å². The molecule has 0 unspecified atom stereocenters. The van der Waals surface area contributed by atoms with Crippen molar-refractivity contribution in [3.8, 4) is 0 Å². The van der Waals surface area contributed by atoms with E-state index in [1.807, 2.05) is 26.0 Å². The Morgan fingerprint density at radius 1 is 1.18 bits per heavy atom. The van der Waals surface area contributed by atoms with Crippen LogP contribution in [0.1, 0.15) is 72.6 Å². The first-order valence-corrected chi connectivity index (χ1v) is 11.4. The Bertz CT molecular complexity index is 737. The zero-order valence-corrected chi connectivity index (χ0v) is 18.9. The Morgan fingerprint density at radius 3 is 2.54 bits per heavy atom. The number of hydrogen-bond donors (Lipinski definition) is 1. The number of hydrogen-bond acceptors (Lipinski definition) is 3. The van der Waals surface area contributed by atoms with Crippen LogP contribution in [0.3, 0.4) is 0 Å². The molecule has 0 aromatic rings. The lowest BCUT2D eigenvalue weighted by molar-refractivity contribution is -0.101. The van der Waals surface area contributed by atoms with Crippen molar-refractivity contribution < 1.29 is 5.11 Å². The van der Waals surface area contributed by atoms with Gasteiger partial charge < -0.3 is 10.1 Å². The van der Waals surface area contributed by atoms with E-state index < -0.39 is 5.60 Å². The molecular formula is C25H40N2O. The highest BCUT2D eigenvalue weighted by atomic mass is 16.3. The molecule has 4 aliphatic rings. The van der Waals surface area contributed by atoms with E-state index in [4.69, 9.17) is 0 Å². The van der Waals surface area contributed by atoms with Gasteiger partial charge in [0.15, 0.2) is 0 Å². The van der Waals surface area contributed by atoms with Crippen molar-refractivity contribution in [1.29, 1.82) is 0 Å². The van der Waals surface area contributed by atoms with Gasteiger partial charge in [0.1, 0.15) is 5.60 Å². The second-order valence-corrected chi connectivity index (χ2v) is 11.1. The van der Waals surface area contributed by atoms with Crippen molar-refractivity contribution >= 4 is 5.71 Å². The van der Waals surface area contributed by atoms with Gasteiger partial charge in [0.2, 0.25) is 0 Å². The van der Waals surface area contributed by atoms with E-state index >= 15 is 0 Å². The van der Waals surface area contributed by atoms with E-state index in [0.717, 1.165) is 43.2 Å². The number of nitrogens with zero attached hydrogens (tertiary/aromatic N) is 2. The fourth-order valence-electron chi connectivity index (χ4n) is 8.06. The van der Waals surface area contributed by atoms with E-state index in [2.05, 4.69) is 38.5 Å². The normalized spacial score (nSPS) is 48.5. The van der Waals surface area contributed by atoms with Gasteiger partial charge in [-0.3, -0.25) is 0 Å². The van der Waals surface area contributed by atoms with Crippen molar-refractivity contribution in [3.63, 3.8) is 0 Å². The largest absolute Gasteiger partial charge is 0.383 e. The topological polar surface area (TPSA) is 35.8 Å². The Hall–Kier alpha value is -1.09. The molecule has 4 aliphatic carbocycles. The van der Waals surface area contributed by atoms with Crippen molar-refractivity contribution in [1.82, 2.24) is 5.01 Å². The molecule has 3 nitrogen and oxygen atoms in total. The molecule has 0 saturated heterocycles. The smallest absolute Gasteiger partial charge is 0.110 e. The molecule has 3 heteroatoms. The molecule has 0 aromatic heterocycles. The van der Waals surface area contributed by atoms with Gasteiger partial charge in [-0.15, -0.1) is 0 Å². The summed E-state index contributed by atoms with van der Waals surface area (Å²) in [6.45, 7) is 13.7. The Labute approximate surface area is 172 Å². The standard InChI is InChI=1S/C25H40N2O/c1-16-8-11-23(4)20-9-12-24(5)21(19(20)15-17(2)22(23)14-16)10-13-25(24,28)18(3)26-27(6)7/h14,17,19-21,28H,1,8-13,15H2,2-7H3/b26-18-/t17-,19+,20-,21-,23+,24-,25-/m0/s1. The monoisotopic (exact) mass is 384 g/mol. The van der Waals surface area contributed by atoms with Crippen LogP contribution in [0.2, 0.25) is 0 Å². The van der Waals surface area contributed by atoms with E-state index in [0.29, 0.717) is 17.3 Å². The van der Waals surface area contributed by atoms with Gasteiger partial charge in [0, 0.05) is 19.5 Å². The molecule has 0 heterocycles. The number of rotatable bonds is 2. The van der Waals surface area contributed by atoms with Crippen molar-refractivity contribution in [2.75, 3.05) is 14.1 Å². The summed E-state index contributed by atoms with van der Waals surface area (Å²) in [5.74, 6) is 2.73. The van der Waals surface area contributed by atoms with Crippen molar-refractivity contribution in [3.05, 3.63) is 23.8 Å². The molecule has 0 bridgehead atoms. The zero-order valence-electron chi connectivity index (χ0n) is 18.9. The highest BCUT2D eigenvalue weighted by Crippen LogP contribution is 2.68. The second-order valence-electron chi connectivity index (χ2n) is 11.1. The highest BCUT2D eigenvalue weighted by Gasteiger charge is 2.65. The summed E-state index contributed by atoms with van der Waals surface area (Å²) in [7, 11) is 3.90. The molecule has 0 aromatic carbocycles. The predicted octanol–water partition coefficient (Wildman–Crippen LogP) is 5.42. The van der Waals surface area contributed by atoms with Crippen LogP contribution in [0.4, 0.5) is 0 Å². The number of aliphatic hydroxyl groups is 1. The van der Waals surface area contributed by atoms with Crippen LogP contribution in [0, 0.1) is 34.5 Å². The third kappa shape index (κ3) is 2.61. The molecule has 3 saturated carbocycles. The van der Waals surface area contributed by atoms with E-state index in [9.17, 15) is 5.11 Å². The van der Waals surface area contributed by atoms with Gasteiger partial charge in [-0.25, -0.2) is 0 Å². The van der Waals surface area contributed by atoms with Gasteiger partial charge >= 0.3 is 0 Å². The Morgan fingerprint density at radius 2 is 1.86 bits per heavy atom. The Balaban J connectivity index is 1.70. The summed E-state index contributed by atoms with van der Waals surface area (Å²) >= 11 is 0. The van der Waals surface area contributed by atoms with Crippen LogP contribution < -0.4 is 0 Å². The lowest BCUT2D eigenvalue weighted by Crippen LogP contribution is -2.57. The maximum absolute atomic E-state index is 11.9. The fourth-order valence-corrected chi connectivity index (χ4v) is 8.06. The molecule has 4 rings (SSSR count). The molecular weight excluding hydrogens is 344 g/mol. The van der Waals surface area contributed by atoms with E-state index in [1.165, 1.54) is 24.8 Å². The summed E-state index contributed by atoms with van der Waals surface area (Å²) in [6.07, 6.45) is 10.5. The predicted molar refractivity (Wildman–Crippen MR) is 117 cm³/mol. The maximum atomic E-state index is 11.9. The van der Waals surface area contributed by atoms with Gasteiger partial charge in [0.05, 0.1) is 5.71 Å². The van der Waals surface area contributed by atoms with Crippen LogP contribution in [-0.4, -0.2) is 35.5 Å². The lowest BCUT2D eigenvalue weighted by atomic mass is 9.44. The number of fused-ring (bicyclic) bond motifs is 5. The molecule has 0 amide bonds. The third-order valence-electron chi connectivity index (χ3n) is 9.50.